The van der Waals surface area contributed by atoms with E-state index in [1.54, 1.807) is 12.5 Å². The summed E-state index contributed by atoms with van der Waals surface area (Å²) in [7, 11) is 0. The summed E-state index contributed by atoms with van der Waals surface area (Å²) in [5.41, 5.74) is 1.02. The van der Waals surface area contributed by atoms with Crippen LogP contribution in [-0.2, 0) is 6.54 Å². The molecule has 1 saturated carbocycles. The van der Waals surface area contributed by atoms with Crippen LogP contribution in [0, 0.1) is 0 Å². The first-order chi connectivity index (χ1) is 7.84. The second-order valence-electron chi connectivity index (χ2n) is 4.01. The third kappa shape index (κ3) is 1.95. The van der Waals surface area contributed by atoms with Gasteiger partial charge in [0.25, 0.3) is 0 Å². The molecule has 2 aromatic rings. The average molecular weight is 282 g/mol. The highest BCUT2D eigenvalue weighted by atomic mass is 79.9. The van der Waals surface area contributed by atoms with Gasteiger partial charge in [0.15, 0.2) is 5.76 Å². The molecule has 1 N–H and O–H groups in total. The zero-order valence-corrected chi connectivity index (χ0v) is 10.3. The summed E-state index contributed by atoms with van der Waals surface area (Å²) in [5.74, 6) is 1.77. The van der Waals surface area contributed by atoms with Crippen molar-refractivity contribution < 1.29 is 8.83 Å². The van der Waals surface area contributed by atoms with Gasteiger partial charge in [-0.05, 0) is 40.9 Å². The Kier molecular flexibility index (Phi) is 2.61. The molecule has 0 unspecified atom stereocenters. The molecule has 0 aromatic carbocycles. The van der Waals surface area contributed by atoms with E-state index < -0.39 is 0 Å². The van der Waals surface area contributed by atoms with E-state index in [0.29, 0.717) is 6.04 Å². The van der Waals surface area contributed by atoms with Crippen LogP contribution in [0.4, 0.5) is 0 Å². The number of hydrogen-bond donors (Lipinski definition) is 1. The maximum Gasteiger partial charge on any atom is 0.151 e. The largest absolute Gasteiger partial charge is 0.467 e. The summed E-state index contributed by atoms with van der Waals surface area (Å²) in [6, 6.07) is 4.51. The van der Waals surface area contributed by atoms with Gasteiger partial charge in [0.1, 0.15) is 5.76 Å². The molecule has 0 bridgehead atoms. The van der Waals surface area contributed by atoms with Crippen molar-refractivity contribution in [2.45, 2.75) is 25.4 Å². The lowest BCUT2D eigenvalue weighted by molar-refractivity contribution is 0.481. The van der Waals surface area contributed by atoms with Crippen LogP contribution < -0.4 is 5.32 Å². The zero-order valence-electron chi connectivity index (χ0n) is 8.70. The van der Waals surface area contributed by atoms with Crippen molar-refractivity contribution in [3.05, 3.63) is 34.9 Å². The van der Waals surface area contributed by atoms with Crippen molar-refractivity contribution in [3.63, 3.8) is 0 Å². The molecule has 0 aliphatic heterocycles. The smallest absolute Gasteiger partial charge is 0.151 e. The van der Waals surface area contributed by atoms with E-state index in [2.05, 4.69) is 21.2 Å². The van der Waals surface area contributed by atoms with Gasteiger partial charge in [-0.1, -0.05) is 0 Å². The predicted octanol–water partition coefficient (Wildman–Crippen LogP) is 3.55. The fraction of sp³-hybridized carbons (Fsp3) is 0.333. The lowest BCUT2D eigenvalue weighted by atomic mass is 10.2. The molecule has 3 nitrogen and oxygen atoms in total. The molecule has 4 heteroatoms. The van der Waals surface area contributed by atoms with E-state index in [0.717, 1.165) is 28.1 Å². The SMILES string of the molecule is Brc1ccoc1-c1ccoc1CNC1CC1. The van der Waals surface area contributed by atoms with Crippen LogP contribution in [-0.4, -0.2) is 6.04 Å². The van der Waals surface area contributed by atoms with E-state index in [9.17, 15) is 0 Å². The molecular formula is C12H12BrNO2. The standard InChI is InChI=1S/C12H12BrNO2/c13-10-4-6-16-12(10)9-3-5-15-11(9)7-14-8-1-2-8/h3-6,8,14H,1-2,7H2. The first kappa shape index (κ1) is 10.2. The fourth-order valence-corrected chi connectivity index (χ4v) is 2.11. The quantitative estimate of drug-likeness (QED) is 0.931. The highest BCUT2D eigenvalue weighted by Gasteiger charge is 2.22. The third-order valence-electron chi connectivity index (χ3n) is 2.74. The van der Waals surface area contributed by atoms with Gasteiger partial charge in [0, 0.05) is 6.04 Å². The topological polar surface area (TPSA) is 38.3 Å². The van der Waals surface area contributed by atoms with E-state index in [1.165, 1.54) is 12.8 Å². The molecule has 2 heterocycles. The Morgan fingerprint density at radius 2 is 2.06 bits per heavy atom. The Balaban J connectivity index is 1.83. The molecule has 0 radical (unpaired) electrons. The Labute approximate surface area is 102 Å². The van der Waals surface area contributed by atoms with Gasteiger partial charge in [-0.3, -0.25) is 0 Å². The van der Waals surface area contributed by atoms with Crippen LogP contribution in [0.5, 0.6) is 0 Å². The lowest BCUT2D eigenvalue weighted by Gasteiger charge is -2.02. The molecule has 0 amide bonds. The summed E-state index contributed by atoms with van der Waals surface area (Å²) < 4.78 is 11.9. The predicted molar refractivity (Wildman–Crippen MR) is 64.0 cm³/mol. The maximum atomic E-state index is 5.48. The number of halogens is 1. The van der Waals surface area contributed by atoms with E-state index in [1.807, 2.05) is 12.1 Å². The number of furan rings is 2. The summed E-state index contributed by atoms with van der Waals surface area (Å²) >= 11 is 3.46. The molecule has 0 atom stereocenters. The van der Waals surface area contributed by atoms with Crippen LogP contribution in [0.1, 0.15) is 18.6 Å². The number of rotatable bonds is 4. The third-order valence-corrected chi connectivity index (χ3v) is 3.36. The van der Waals surface area contributed by atoms with Crippen molar-refractivity contribution in [2.75, 3.05) is 0 Å². The van der Waals surface area contributed by atoms with Crippen molar-refractivity contribution in [1.82, 2.24) is 5.32 Å². The molecule has 1 aliphatic carbocycles. The lowest BCUT2D eigenvalue weighted by Crippen LogP contribution is -2.15. The molecule has 3 rings (SSSR count). The molecular weight excluding hydrogens is 270 g/mol. The minimum absolute atomic E-state index is 0.679. The van der Waals surface area contributed by atoms with Gasteiger partial charge in [0.2, 0.25) is 0 Å². The van der Waals surface area contributed by atoms with Gasteiger partial charge < -0.3 is 14.2 Å². The highest BCUT2D eigenvalue weighted by Crippen LogP contribution is 2.32. The minimum Gasteiger partial charge on any atom is -0.467 e. The molecule has 0 spiro atoms. The van der Waals surface area contributed by atoms with Crippen LogP contribution in [0.15, 0.2) is 38.0 Å². The molecule has 1 aliphatic rings. The van der Waals surface area contributed by atoms with Crippen molar-refractivity contribution in [3.8, 4) is 11.3 Å². The Bertz CT molecular complexity index is 485. The summed E-state index contributed by atoms with van der Waals surface area (Å²) in [5, 5.41) is 3.43. The van der Waals surface area contributed by atoms with Crippen LogP contribution in [0.25, 0.3) is 11.3 Å². The van der Waals surface area contributed by atoms with Gasteiger partial charge in [-0.15, -0.1) is 0 Å². The van der Waals surface area contributed by atoms with E-state index in [-0.39, 0.29) is 0 Å². The first-order valence-electron chi connectivity index (χ1n) is 5.37. The molecule has 84 valence electrons. The van der Waals surface area contributed by atoms with Gasteiger partial charge in [0.05, 0.1) is 29.1 Å². The number of nitrogens with one attached hydrogen (secondary N) is 1. The summed E-state index contributed by atoms with van der Waals surface area (Å²) in [6.45, 7) is 0.764. The molecule has 16 heavy (non-hydrogen) atoms. The second kappa shape index (κ2) is 4.11. The number of hydrogen-bond acceptors (Lipinski definition) is 3. The van der Waals surface area contributed by atoms with E-state index in [4.69, 9.17) is 8.83 Å². The molecule has 1 fully saturated rings. The van der Waals surface area contributed by atoms with Gasteiger partial charge in [-0.2, -0.15) is 0 Å². The van der Waals surface area contributed by atoms with Crippen LogP contribution in [0.3, 0.4) is 0 Å². The fourth-order valence-electron chi connectivity index (χ4n) is 1.69. The van der Waals surface area contributed by atoms with Crippen molar-refractivity contribution >= 4 is 15.9 Å². The first-order valence-corrected chi connectivity index (χ1v) is 6.17. The molecule has 2 aromatic heterocycles. The Hall–Kier alpha value is -1.00. The average Bonchev–Trinajstić information content (AvgIpc) is 2.83. The maximum absolute atomic E-state index is 5.48. The Morgan fingerprint density at radius 1 is 1.25 bits per heavy atom. The van der Waals surface area contributed by atoms with Crippen molar-refractivity contribution in [2.24, 2.45) is 0 Å². The summed E-state index contributed by atoms with van der Waals surface area (Å²) in [4.78, 5) is 0. The van der Waals surface area contributed by atoms with Gasteiger partial charge >= 0.3 is 0 Å². The highest BCUT2D eigenvalue weighted by molar-refractivity contribution is 9.10. The van der Waals surface area contributed by atoms with Crippen LogP contribution >= 0.6 is 15.9 Å². The monoisotopic (exact) mass is 281 g/mol. The second-order valence-corrected chi connectivity index (χ2v) is 4.86. The van der Waals surface area contributed by atoms with E-state index >= 15 is 0 Å². The zero-order chi connectivity index (χ0) is 11.0. The normalized spacial score (nSPS) is 15.6. The Morgan fingerprint density at radius 3 is 2.75 bits per heavy atom. The molecule has 0 saturated heterocycles. The van der Waals surface area contributed by atoms with Crippen LogP contribution in [0.2, 0.25) is 0 Å². The minimum atomic E-state index is 0.679. The van der Waals surface area contributed by atoms with Gasteiger partial charge in [-0.25, -0.2) is 0 Å². The summed E-state index contributed by atoms with van der Waals surface area (Å²) in [6.07, 6.45) is 5.93. The van der Waals surface area contributed by atoms with Crippen molar-refractivity contribution in [1.29, 1.82) is 0 Å².